The fourth-order valence-corrected chi connectivity index (χ4v) is 3.74. The van der Waals surface area contributed by atoms with E-state index in [9.17, 15) is 9.59 Å². The summed E-state index contributed by atoms with van der Waals surface area (Å²) >= 11 is 5.99. The van der Waals surface area contributed by atoms with Crippen molar-refractivity contribution >= 4 is 40.9 Å². The number of carbonyl (C=O) groups is 2. The number of hydrogen-bond donors (Lipinski definition) is 1. The van der Waals surface area contributed by atoms with Crippen LogP contribution in [0, 0.1) is 0 Å². The number of carbonyl (C=O) groups excluding carboxylic acids is 2. The van der Waals surface area contributed by atoms with Gasteiger partial charge in [-0.25, -0.2) is 4.98 Å². The van der Waals surface area contributed by atoms with Crippen molar-refractivity contribution in [1.82, 2.24) is 9.88 Å². The van der Waals surface area contributed by atoms with Gasteiger partial charge in [-0.1, -0.05) is 41.9 Å². The zero-order valence-electron chi connectivity index (χ0n) is 17.4. The lowest BCUT2D eigenvalue weighted by atomic mass is 10.2. The molecular formula is C25H23ClN4O2. The lowest BCUT2D eigenvalue weighted by Gasteiger charge is -2.35. The summed E-state index contributed by atoms with van der Waals surface area (Å²) in [6.45, 7) is 2.83. The molecule has 0 unspecified atom stereocenters. The second-order valence-corrected chi connectivity index (χ2v) is 7.76. The maximum Gasteiger partial charge on any atom is 0.258 e. The van der Waals surface area contributed by atoms with Crippen LogP contribution in [-0.2, 0) is 4.79 Å². The molecule has 6 nitrogen and oxygen atoms in total. The van der Waals surface area contributed by atoms with Crippen molar-refractivity contribution in [3.8, 4) is 0 Å². The summed E-state index contributed by atoms with van der Waals surface area (Å²) in [6, 6.07) is 20.8. The molecule has 7 heteroatoms. The van der Waals surface area contributed by atoms with Gasteiger partial charge in [0.25, 0.3) is 5.91 Å². The predicted octanol–water partition coefficient (Wildman–Crippen LogP) is 4.35. The van der Waals surface area contributed by atoms with E-state index in [0.717, 1.165) is 24.3 Å². The van der Waals surface area contributed by atoms with Gasteiger partial charge in [-0.3, -0.25) is 9.59 Å². The quantitative estimate of drug-likeness (QED) is 0.467. The van der Waals surface area contributed by atoms with Crippen LogP contribution in [0.4, 0.5) is 11.4 Å². The molecule has 3 aromatic rings. The molecule has 2 amide bonds. The zero-order chi connectivity index (χ0) is 22.3. The lowest BCUT2D eigenvalue weighted by molar-refractivity contribution is -0.126. The maximum atomic E-state index is 12.5. The van der Waals surface area contributed by atoms with Crippen molar-refractivity contribution in [3.63, 3.8) is 0 Å². The lowest BCUT2D eigenvalue weighted by Crippen LogP contribution is -2.48. The molecule has 162 valence electrons. The number of rotatable bonds is 5. The van der Waals surface area contributed by atoms with Gasteiger partial charge >= 0.3 is 0 Å². The van der Waals surface area contributed by atoms with Gasteiger partial charge in [0.15, 0.2) is 0 Å². The van der Waals surface area contributed by atoms with Crippen LogP contribution in [-0.4, -0.2) is 47.9 Å². The molecule has 1 aliphatic heterocycles. The van der Waals surface area contributed by atoms with E-state index in [-0.39, 0.29) is 17.0 Å². The second-order valence-electron chi connectivity index (χ2n) is 7.40. The summed E-state index contributed by atoms with van der Waals surface area (Å²) in [5.41, 5.74) is 3.07. The summed E-state index contributed by atoms with van der Waals surface area (Å²) in [5, 5.41) is 3.01. The third-order valence-electron chi connectivity index (χ3n) is 5.30. The third kappa shape index (κ3) is 5.34. The molecular weight excluding hydrogens is 424 g/mol. The fraction of sp³-hybridized carbons (Fsp3) is 0.160. The number of anilines is 2. The monoisotopic (exact) mass is 446 g/mol. The molecule has 0 saturated carbocycles. The maximum absolute atomic E-state index is 12.5. The van der Waals surface area contributed by atoms with Gasteiger partial charge in [0.1, 0.15) is 5.15 Å². The van der Waals surface area contributed by atoms with Crippen LogP contribution in [0.15, 0.2) is 79.0 Å². The van der Waals surface area contributed by atoms with Crippen LogP contribution >= 0.6 is 11.6 Å². The van der Waals surface area contributed by atoms with Crippen LogP contribution in [0.5, 0.6) is 0 Å². The molecule has 4 rings (SSSR count). The number of halogens is 1. The summed E-state index contributed by atoms with van der Waals surface area (Å²) in [5.74, 6) is -0.271. The van der Waals surface area contributed by atoms with E-state index >= 15 is 0 Å². The van der Waals surface area contributed by atoms with Gasteiger partial charge in [0, 0.05) is 49.8 Å². The molecule has 0 spiro atoms. The van der Waals surface area contributed by atoms with Crippen molar-refractivity contribution in [1.29, 1.82) is 0 Å². The Balaban J connectivity index is 1.30. The van der Waals surface area contributed by atoms with Crippen molar-refractivity contribution in [2.45, 2.75) is 0 Å². The molecule has 0 bridgehead atoms. The molecule has 1 aromatic heterocycles. The van der Waals surface area contributed by atoms with Crippen molar-refractivity contribution in [2.75, 3.05) is 36.4 Å². The van der Waals surface area contributed by atoms with Gasteiger partial charge in [0.2, 0.25) is 5.91 Å². The van der Waals surface area contributed by atoms with E-state index in [1.165, 1.54) is 0 Å². The smallest absolute Gasteiger partial charge is 0.258 e. The Morgan fingerprint density at radius 3 is 2.31 bits per heavy atom. The minimum Gasteiger partial charge on any atom is -0.368 e. The number of pyridine rings is 1. The molecule has 1 N–H and O–H groups in total. The van der Waals surface area contributed by atoms with Crippen LogP contribution in [0.3, 0.4) is 0 Å². The van der Waals surface area contributed by atoms with E-state index in [1.54, 1.807) is 24.4 Å². The predicted molar refractivity (Wildman–Crippen MR) is 128 cm³/mol. The molecule has 0 atom stereocenters. The first-order chi connectivity index (χ1) is 15.6. The van der Waals surface area contributed by atoms with Crippen LogP contribution in [0.2, 0.25) is 5.15 Å². The van der Waals surface area contributed by atoms with Gasteiger partial charge < -0.3 is 15.1 Å². The van der Waals surface area contributed by atoms with E-state index in [2.05, 4.69) is 15.2 Å². The number of aromatic nitrogens is 1. The number of piperazine rings is 1. The highest BCUT2D eigenvalue weighted by Crippen LogP contribution is 2.21. The van der Waals surface area contributed by atoms with Gasteiger partial charge in [0.05, 0.1) is 5.56 Å². The van der Waals surface area contributed by atoms with E-state index in [0.29, 0.717) is 24.3 Å². The highest BCUT2D eigenvalue weighted by Gasteiger charge is 2.20. The standard InChI is InChI=1S/C25H23ClN4O2/c26-24-22(7-4-14-27-24)25(32)28-20-9-11-21(12-10-20)29-15-17-30(18-16-29)23(31)13-8-19-5-2-1-3-6-19/h1-14H,15-18H2,(H,28,32)/b13-8+. The van der Waals surface area contributed by atoms with E-state index in [1.807, 2.05) is 65.6 Å². The minimum absolute atomic E-state index is 0.0284. The SMILES string of the molecule is O=C(Nc1ccc(N2CCN(C(=O)/C=C/c3ccccc3)CC2)cc1)c1cccnc1Cl. The Bertz CT molecular complexity index is 1110. The minimum atomic E-state index is -0.300. The number of benzene rings is 2. The number of nitrogens with zero attached hydrogens (tertiary/aromatic N) is 3. The van der Waals surface area contributed by atoms with Crippen LogP contribution in [0.25, 0.3) is 6.08 Å². The molecule has 0 aliphatic carbocycles. The first-order valence-electron chi connectivity index (χ1n) is 10.4. The Morgan fingerprint density at radius 2 is 1.62 bits per heavy atom. The van der Waals surface area contributed by atoms with Crippen LogP contribution in [0.1, 0.15) is 15.9 Å². The van der Waals surface area contributed by atoms with Gasteiger partial charge in [-0.05, 0) is 48.0 Å². The molecule has 1 aliphatic rings. The molecule has 1 fully saturated rings. The zero-order valence-corrected chi connectivity index (χ0v) is 18.2. The molecule has 2 aromatic carbocycles. The topological polar surface area (TPSA) is 65.5 Å². The highest BCUT2D eigenvalue weighted by molar-refractivity contribution is 6.33. The van der Waals surface area contributed by atoms with Gasteiger partial charge in [-0.15, -0.1) is 0 Å². The first-order valence-corrected chi connectivity index (χ1v) is 10.8. The normalized spacial score (nSPS) is 13.9. The van der Waals surface area contributed by atoms with Crippen molar-refractivity contribution < 1.29 is 9.59 Å². The average Bonchev–Trinajstić information content (AvgIpc) is 2.84. The van der Waals surface area contributed by atoms with E-state index < -0.39 is 0 Å². The molecule has 0 radical (unpaired) electrons. The third-order valence-corrected chi connectivity index (χ3v) is 5.60. The number of nitrogens with one attached hydrogen (secondary N) is 1. The molecule has 1 saturated heterocycles. The van der Waals surface area contributed by atoms with Gasteiger partial charge in [-0.2, -0.15) is 0 Å². The van der Waals surface area contributed by atoms with Crippen LogP contribution < -0.4 is 10.2 Å². The Hall–Kier alpha value is -3.64. The average molecular weight is 447 g/mol. The Labute approximate surface area is 192 Å². The largest absolute Gasteiger partial charge is 0.368 e. The van der Waals surface area contributed by atoms with Crippen molar-refractivity contribution in [2.24, 2.45) is 0 Å². The first kappa shape index (κ1) is 21.6. The molecule has 2 heterocycles. The van der Waals surface area contributed by atoms with Crippen molar-refractivity contribution in [3.05, 3.63) is 95.3 Å². The number of hydrogen-bond acceptors (Lipinski definition) is 4. The van der Waals surface area contributed by atoms with E-state index in [4.69, 9.17) is 11.6 Å². The summed E-state index contributed by atoms with van der Waals surface area (Å²) in [6.07, 6.45) is 5.03. The highest BCUT2D eigenvalue weighted by atomic mass is 35.5. The molecule has 32 heavy (non-hydrogen) atoms. The second kappa shape index (κ2) is 10.1. The Kier molecular flexibility index (Phi) is 6.82. The fourth-order valence-electron chi connectivity index (χ4n) is 3.53. The summed E-state index contributed by atoms with van der Waals surface area (Å²) < 4.78 is 0. The number of amides is 2. The summed E-state index contributed by atoms with van der Waals surface area (Å²) in [7, 11) is 0. The summed E-state index contributed by atoms with van der Waals surface area (Å²) in [4.78, 5) is 32.9. The Morgan fingerprint density at radius 1 is 0.906 bits per heavy atom.